The number of hydrogen-bond donors (Lipinski definition) is 0. The molecule has 0 saturated carbocycles. The normalized spacial score (nSPS) is 13.9. The second-order valence-electron chi connectivity index (χ2n) is 6.47. The van der Waals surface area contributed by atoms with Crippen molar-refractivity contribution in [2.75, 3.05) is 0 Å². The molecule has 0 N–H and O–H groups in total. The van der Waals surface area contributed by atoms with Crippen molar-refractivity contribution >= 4 is 17.8 Å². The lowest BCUT2D eigenvalue weighted by atomic mass is 10.0. The van der Waals surface area contributed by atoms with Crippen LogP contribution in [0.15, 0.2) is 66.4 Å². The second-order valence-corrected chi connectivity index (χ2v) is 6.47. The molecule has 0 aliphatic carbocycles. The van der Waals surface area contributed by atoms with Crippen molar-refractivity contribution in [2.45, 2.75) is 6.92 Å². The first kappa shape index (κ1) is 18.6. The van der Waals surface area contributed by atoms with E-state index in [0.29, 0.717) is 16.7 Å². The van der Waals surface area contributed by atoms with E-state index in [9.17, 15) is 18.4 Å². The van der Waals surface area contributed by atoms with Gasteiger partial charge in [0.2, 0.25) is 5.78 Å². The predicted octanol–water partition coefficient (Wildman–Crippen LogP) is 5.11. The SMILES string of the molecule is Cc1cc(OC(=O)c2ccccc2F)cc2c1C(=O)/C(=C/c1ccc(F)cc1)O2. The quantitative estimate of drug-likeness (QED) is 0.353. The molecular weight excluding hydrogens is 378 g/mol. The fourth-order valence-corrected chi connectivity index (χ4v) is 3.04. The van der Waals surface area contributed by atoms with E-state index in [4.69, 9.17) is 9.47 Å². The minimum atomic E-state index is -0.853. The Bertz CT molecular complexity index is 1160. The summed E-state index contributed by atoms with van der Waals surface area (Å²) in [5.41, 5.74) is 1.31. The smallest absolute Gasteiger partial charge is 0.346 e. The second kappa shape index (κ2) is 7.31. The van der Waals surface area contributed by atoms with Crippen molar-refractivity contribution in [2.24, 2.45) is 0 Å². The number of carbonyl (C=O) groups excluding carboxylic acids is 2. The van der Waals surface area contributed by atoms with E-state index in [1.807, 2.05) is 0 Å². The summed E-state index contributed by atoms with van der Waals surface area (Å²) in [5, 5.41) is 0. The standard InChI is InChI=1S/C23H14F2O4/c1-13-10-16(28-23(27)17-4-2-3-5-18(17)25)12-19-21(13)22(26)20(29-19)11-14-6-8-15(24)9-7-14/h2-12H,1H3/b20-11-. The third kappa shape index (κ3) is 3.65. The molecule has 3 aromatic carbocycles. The highest BCUT2D eigenvalue weighted by atomic mass is 19.1. The lowest BCUT2D eigenvalue weighted by molar-refractivity contribution is 0.0729. The number of Topliss-reactive ketones (excluding diaryl/α,β-unsaturated/α-hetero) is 1. The maximum absolute atomic E-state index is 13.8. The number of allylic oxidation sites excluding steroid dienone is 1. The monoisotopic (exact) mass is 392 g/mol. The van der Waals surface area contributed by atoms with Gasteiger partial charge in [0, 0.05) is 6.07 Å². The summed E-state index contributed by atoms with van der Waals surface area (Å²) >= 11 is 0. The number of aryl methyl sites for hydroxylation is 1. The summed E-state index contributed by atoms with van der Waals surface area (Å²) in [6.07, 6.45) is 1.51. The van der Waals surface area contributed by atoms with Gasteiger partial charge in [0.25, 0.3) is 0 Å². The summed E-state index contributed by atoms with van der Waals surface area (Å²) in [5.74, 6) is -1.81. The molecule has 0 unspecified atom stereocenters. The van der Waals surface area contributed by atoms with Gasteiger partial charge in [-0.15, -0.1) is 0 Å². The van der Waals surface area contributed by atoms with Crippen LogP contribution in [0.3, 0.4) is 0 Å². The molecule has 4 rings (SSSR count). The molecule has 4 nitrogen and oxygen atoms in total. The van der Waals surface area contributed by atoms with Gasteiger partial charge in [-0.3, -0.25) is 4.79 Å². The highest BCUT2D eigenvalue weighted by molar-refractivity contribution is 6.15. The minimum Gasteiger partial charge on any atom is -0.452 e. The van der Waals surface area contributed by atoms with Gasteiger partial charge in [0.05, 0.1) is 11.1 Å². The minimum absolute atomic E-state index is 0.0762. The van der Waals surface area contributed by atoms with Gasteiger partial charge in [0.15, 0.2) is 5.76 Å². The third-order valence-electron chi connectivity index (χ3n) is 4.42. The number of halogens is 2. The molecule has 6 heteroatoms. The molecule has 0 spiro atoms. The zero-order chi connectivity index (χ0) is 20.5. The zero-order valence-corrected chi connectivity index (χ0v) is 15.2. The van der Waals surface area contributed by atoms with Crippen LogP contribution in [0.1, 0.15) is 31.8 Å². The van der Waals surface area contributed by atoms with Crippen LogP contribution in [0.5, 0.6) is 11.5 Å². The Morgan fingerprint density at radius 2 is 1.76 bits per heavy atom. The summed E-state index contributed by atoms with van der Waals surface area (Å²) in [7, 11) is 0. The van der Waals surface area contributed by atoms with Gasteiger partial charge in [0.1, 0.15) is 23.1 Å². The summed E-state index contributed by atoms with van der Waals surface area (Å²) in [6.45, 7) is 1.68. The van der Waals surface area contributed by atoms with E-state index in [2.05, 4.69) is 0 Å². The lowest BCUT2D eigenvalue weighted by Gasteiger charge is -2.08. The number of ketones is 1. The molecule has 0 aromatic heterocycles. The van der Waals surface area contributed by atoms with Gasteiger partial charge in [-0.2, -0.15) is 0 Å². The number of fused-ring (bicyclic) bond motifs is 1. The number of carbonyl (C=O) groups is 2. The van der Waals surface area contributed by atoms with Crippen LogP contribution in [-0.4, -0.2) is 11.8 Å². The van der Waals surface area contributed by atoms with Crippen LogP contribution >= 0.6 is 0 Å². The van der Waals surface area contributed by atoms with Crippen LogP contribution in [0.25, 0.3) is 6.08 Å². The van der Waals surface area contributed by atoms with Crippen molar-refractivity contribution in [1.82, 2.24) is 0 Å². The average Bonchev–Trinajstić information content (AvgIpc) is 2.99. The molecule has 0 saturated heterocycles. The predicted molar refractivity (Wildman–Crippen MR) is 102 cm³/mol. The topological polar surface area (TPSA) is 52.6 Å². The van der Waals surface area contributed by atoms with Gasteiger partial charge in [-0.1, -0.05) is 24.3 Å². The van der Waals surface area contributed by atoms with Crippen molar-refractivity contribution in [3.05, 3.63) is 100 Å². The Hall–Kier alpha value is -3.80. The average molecular weight is 392 g/mol. The van der Waals surface area contributed by atoms with Gasteiger partial charge in [-0.25, -0.2) is 13.6 Å². The van der Waals surface area contributed by atoms with Gasteiger partial charge in [-0.05, 0) is 54.5 Å². The first-order chi connectivity index (χ1) is 13.9. The highest BCUT2D eigenvalue weighted by Gasteiger charge is 2.30. The molecule has 0 bridgehead atoms. The molecular formula is C23H14F2O4. The third-order valence-corrected chi connectivity index (χ3v) is 4.42. The van der Waals surface area contributed by atoms with Crippen LogP contribution in [0, 0.1) is 18.6 Å². The zero-order valence-electron chi connectivity index (χ0n) is 15.2. The Balaban J connectivity index is 1.62. The van der Waals surface area contributed by atoms with E-state index in [1.54, 1.807) is 6.92 Å². The molecule has 0 amide bonds. The molecule has 0 radical (unpaired) electrons. The fraction of sp³-hybridized carbons (Fsp3) is 0.0435. The summed E-state index contributed by atoms with van der Waals surface area (Å²) in [6, 6.07) is 14.0. The van der Waals surface area contributed by atoms with E-state index >= 15 is 0 Å². The van der Waals surface area contributed by atoms with E-state index in [1.165, 1.54) is 66.7 Å². The van der Waals surface area contributed by atoms with Crippen LogP contribution in [-0.2, 0) is 0 Å². The van der Waals surface area contributed by atoms with Crippen LogP contribution < -0.4 is 9.47 Å². The first-order valence-corrected chi connectivity index (χ1v) is 8.73. The number of rotatable bonds is 3. The Morgan fingerprint density at radius 1 is 1.03 bits per heavy atom. The number of ether oxygens (including phenoxy) is 2. The van der Waals surface area contributed by atoms with Crippen molar-refractivity contribution < 1.29 is 27.8 Å². The van der Waals surface area contributed by atoms with E-state index in [-0.39, 0.29) is 34.4 Å². The van der Waals surface area contributed by atoms with Crippen molar-refractivity contribution in [3.63, 3.8) is 0 Å². The Morgan fingerprint density at radius 3 is 2.48 bits per heavy atom. The highest BCUT2D eigenvalue weighted by Crippen LogP contribution is 2.37. The number of benzene rings is 3. The van der Waals surface area contributed by atoms with Gasteiger partial charge < -0.3 is 9.47 Å². The molecule has 3 aromatic rings. The lowest BCUT2D eigenvalue weighted by Crippen LogP contribution is -2.10. The molecule has 0 fully saturated rings. The van der Waals surface area contributed by atoms with Crippen molar-refractivity contribution in [1.29, 1.82) is 0 Å². The molecule has 1 aliphatic rings. The van der Waals surface area contributed by atoms with E-state index < -0.39 is 11.8 Å². The fourth-order valence-electron chi connectivity index (χ4n) is 3.04. The molecule has 144 valence electrons. The van der Waals surface area contributed by atoms with Gasteiger partial charge >= 0.3 is 5.97 Å². The van der Waals surface area contributed by atoms with E-state index in [0.717, 1.165) is 0 Å². The molecule has 29 heavy (non-hydrogen) atoms. The number of esters is 1. The Kier molecular flexibility index (Phi) is 4.68. The number of hydrogen-bond acceptors (Lipinski definition) is 4. The summed E-state index contributed by atoms with van der Waals surface area (Å²) in [4.78, 5) is 24.9. The van der Waals surface area contributed by atoms with Crippen LogP contribution in [0.2, 0.25) is 0 Å². The summed E-state index contributed by atoms with van der Waals surface area (Å²) < 4.78 is 37.7. The first-order valence-electron chi connectivity index (χ1n) is 8.73. The maximum atomic E-state index is 13.8. The largest absolute Gasteiger partial charge is 0.452 e. The molecule has 1 aliphatic heterocycles. The van der Waals surface area contributed by atoms with Crippen molar-refractivity contribution in [3.8, 4) is 11.5 Å². The molecule has 0 atom stereocenters. The van der Waals surface area contributed by atoms with Crippen LogP contribution in [0.4, 0.5) is 8.78 Å². The Labute approximate surface area is 165 Å². The molecule has 1 heterocycles. The maximum Gasteiger partial charge on any atom is 0.346 e.